The highest BCUT2D eigenvalue weighted by Gasteiger charge is 2.67. The molecule has 3 N–H and O–H groups in total. The summed E-state index contributed by atoms with van der Waals surface area (Å²) >= 11 is 0. The van der Waals surface area contributed by atoms with E-state index in [2.05, 4.69) is 10.6 Å². The highest BCUT2D eigenvalue weighted by molar-refractivity contribution is 5.91. The van der Waals surface area contributed by atoms with E-state index in [4.69, 9.17) is 0 Å². The molecule has 0 radical (unpaired) electrons. The van der Waals surface area contributed by atoms with E-state index in [9.17, 15) is 14.7 Å². The molecule has 3 atom stereocenters. The summed E-state index contributed by atoms with van der Waals surface area (Å²) in [6.07, 6.45) is -0.147. The number of nitrogens with zero attached hydrogens (tertiary/aromatic N) is 1. The third-order valence-electron chi connectivity index (χ3n) is 4.58. The molecule has 3 heterocycles. The Kier molecular flexibility index (Phi) is 2.29. The number of rotatable bonds is 1. The molecule has 3 unspecified atom stereocenters. The molecule has 2 spiro atoms. The van der Waals surface area contributed by atoms with Crippen molar-refractivity contribution in [2.45, 2.75) is 32.0 Å². The van der Waals surface area contributed by atoms with E-state index < -0.39 is 17.2 Å². The molecule has 0 aromatic carbocycles. The van der Waals surface area contributed by atoms with Gasteiger partial charge in [0.15, 0.2) is 0 Å². The summed E-state index contributed by atoms with van der Waals surface area (Å²) in [4.78, 5) is 25.8. The number of aliphatic hydroxyl groups is 1. The smallest absolute Gasteiger partial charge is 0.229 e. The van der Waals surface area contributed by atoms with Crippen LogP contribution in [0.2, 0.25) is 0 Å². The molecule has 0 aromatic rings. The Labute approximate surface area is 106 Å². The fraction of sp³-hybridized carbons (Fsp3) is 0.833. The van der Waals surface area contributed by atoms with Crippen molar-refractivity contribution >= 4 is 11.8 Å². The van der Waals surface area contributed by atoms with Gasteiger partial charge in [0, 0.05) is 25.6 Å². The van der Waals surface area contributed by atoms with E-state index in [0.29, 0.717) is 26.1 Å². The van der Waals surface area contributed by atoms with Gasteiger partial charge < -0.3 is 15.3 Å². The third-order valence-corrected chi connectivity index (χ3v) is 4.58. The summed E-state index contributed by atoms with van der Waals surface area (Å²) in [7, 11) is 0. The number of β-lactam (4-membered cyclic amide) rings is 1. The summed E-state index contributed by atoms with van der Waals surface area (Å²) in [5.74, 6) is -0.0832. The highest BCUT2D eigenvalue weighted by Crippen LogP contribution is 2.49. The Balaban J connectivity index is 1.91. The van der Waals surface area contributed by atoms with Gasteiger partial charge in [-0.05, 0) is 6.42 Å². The topological polar surface area (TPSA) is 81.7 Å². The van der Waals surface area contributed by atoms with E-state index >= 15 is 0 Å². The first-order valence-electron chi connectivity index (χ1n) is 6.43. The molecule has 0 aliphatic carbocycles. The molecular formula is C12H19N3O3. The molecule has 3 saturated heterocycles. The van der Waals surface area contributed by atoms with E-state index in [-0.39, 0.29) is 17.7 Å². The van der Waals surface area contributed by atoms with Crippen molar-refractivity contribution in [2.24, 2.45) is 11.3 Å². The van der Waals surface area contributed by atoms with E-state index in [1.54, 1.807) is 4.90 Å². The SMILES string of the molecule is CC(C)C(=O)N1CC2(CNC2=O)CC12CNC2O. The summed E-state index contributed by atoms with van der Waals surface area (Å²) in [5, 5.41) is 15.6. The van der Waals surface area contributed by atoms with Gasteiger partial charge in [0.1, 0.15) is 6.23 Å². The molecule has 6 heteroatoms. The second-order valence-corrected chi connectivity index (χ2v) is 6.11. The van der Waals surface area contributed by atoms with E-state index in [1.807, 2.05) is 13.8 Å². The van der Waals surface area contributed by atoms with Gasteiger partial charge in [0.25, 0.3) is 0 Å². The van der Waals surface area contributed by atoms with Crippen LogP contribution in [0.1, 0.15) is 20.3 Å². The van der Waals surface area contributed by atoms with Gasteiger partial charge in [-0.25, -0.2) is 0 Å². The molecule has 3 aliphatic rings. The quantitative estimate of drug-likeness (QED) is 0.505. The number of aliphatic hydroxyl groups excluding tert-OH is 1. The maximum absolute atomic E-state index is 12.3. The van der Waals surface area contributed by atoms with Crippen LogP contribution in [0.25, 0.3) is 0 Å². The predicted molar refractivity (Wildman–Crippen MR) is 63.4 cm³/mol. The average molecular weight is 253 g/mol. The maximum Gasteiger partial charge on any atom is 0.229 e. The highest BCUT2D eigenvalue weighted by atomic mass is 16.3. The van der Waals surface area contributed by atoms with Gasteiger partial charge in [0.2, 0.25) is 11.8 Å². The first kappa shape index (κ1) is 11.9. The number of likely N-dealkylation sites (tertiary alicyclic amines) is 1. The van der Waals surface area contributed by atoms with Gasteiger partial charge in [-0.1, -0.05) is 13.8 Å². The number of hydrogen-bond donors (Lipinski definition) is 3. The molecule has 6 nitrogen and oxygen atoms in total. The Morgan fingerprint density at radius 2 is 2.22 bits per heavy atom. The second kappa shape index (κ2) is 3.45. The van der Waals surface area contributed by atoms with Crippen molar-refractivity contribution in [1.29, 1.82) is 0 Å². The Morgan fingerprint density at radius 1 is 1.50 bits per heavy atom. The molecule has 2 amide bonds. The zero-order valence-corrected chi connectivity index (χ0v) is 10.7. The summed E-state index contributed by atoms with van der Waals surface area (Å²) < 4.78 is 0. The van der Waals surface area contributed by atoms with Gasteiger partial charge in [0.05, 0.1) is 11.0 Å². The Morgan fingerprint density at radius 3 is 2.56 bits per heavy atom. The second-order valence-electron chi connectivity index (χ2n) is 6.11. The molecule has 3 rings (SSSR count). The minimum atomic E-state index is -0.715. The molecule has 3 fully saturated rings. The first-order chi connectivity index (χ1) is 8.41. The monoisotopic (exact) mass is 253 g/mol. The Bertz CT molecular complexity index is 425. The molecule has 0 saturated carbocycles. The predicted octanol–water partition coefficient (Wildman–Crippen LogP) is -1.35. The van der Waals surface area contributed by atoms with Crippen LogP contribution < -0.4 is 10.6 Å². The lowest BCUT2D eigenvalue weighted by Crippen LogP contribution is -2.74. The van der Waals surface area contributed by atoms with E-state index in [0.717, 1.165) is 0 Å². The average Bonchev–Trinajstić information content (AvgIpc) is 2.75. The van der Waals surface area contributed by atoms with Crippen LogP contribution in [0, 0.1) is 11.3 Å². The fourth-order valence-electron chi connectivity index (χ4n) is 3.32. The molecule has 3 aliphatic heterocycles. The molecule has 0 bridgehead atoms. The molecule has 0 aromatic heterocycles. The maximum atomic E-state index is 12.3. The lowest BCUT2D eigenvalue weighted by molar-refractivity contribution is -0.153. The van der Waals surface area contributed by atoms with Crippen LogP contribution >= 0.6 is 0 Å². The van der Waals surface area contributed by atoms with Crippen LogP contribution in [0.4, 0.5) is 0 Å². The minimum Gasteiger partial charge on any atom is -0.376 e. The summed E-state index contributed by atoms with van der Waals surface area (Å²) in [6, 6.07) is 0. The van der Waals surface area contributed by atoms with Crippen LogP contribution in [0.15, 0.2) is 0 Å². The lowest BCUT2D eigenvalue weighted by Gasteiger charge is -2.51. The largest absolute Gasteiger partial charge is 0.376 e. The van der Waals surface area contributed by atoms with Crippen molar-refractivity contribution in [3.05, 3.63) is 0 Å². The fourth-order valence-corrected chi connectivity index (χ4v) is 3.32. The van der Waals surface area contributed by atoms with Crippen LogP contribution in [-0.2, 0) is 9.59 Å². The van der Waals surface area contributed by atoms with Gasteiger partial charge >= 0.3 is 0 Å². The number of hydrogen-bond acceptors (Lipinski definition) is 4. The van der Waals surface area contributed by atoms with Crippen LogP contribution in [0.5, 0.6) is 0 Å². The molecular weight excluding hydrogens is 234 g/mol. The van der Waals surface area contributed by atoms with Crippen molar-refractivity contribution in [2.75, 3.05) is 19.6 Å². The number of nitrogens with one attached hydrogen (secondary N) is 2. The zero-order chi connectivity index (χ0) is 13.1. The number of amides is 2. The Hall–Kier alpha value is -1.14. The normalized spacial score (nSPS) is 42.1. The number of carbonyl (C=O) groups excluding carboxylic acids is 2. The minimum absolute atomic E-state index is 0.0139. The van der Waals surface area contributed by atoms with Crippen molar-refractivity contribution < 1.29 is 14.7 Å². The van der Waals surface area contributed by atoms with Gasteiger partial charge in [-0.2, -0.15) is 0 Å². The molecule has 100 valence electrons. The zero-order valence-electron chi connectivity index (χ0n) is 10.7. The van der Waals surface area contributed by atoms with Crippen LogP contribution in [0.3, 0.4) is 0 Å². The van der Waals surface area contributed by atoms with Crippen molar-refractivity contribution in [3.63, 3.8) is 0 Å². The van der Waals surface area contributed by atoms with Crippen molar-refractivity contribution in [1.82, 2.24) is 15.5 Å². The van der Waals surface area contributed by atoms with Crippen LogP contribution in [-0.4, -0.2) is 53.2 Å². The number of carbonyl (C=O) groups is 2. The standard InChI is InChI=1S/C12H19N3O3/c1-7(2)8(16)15-6-11(4-13-9(11)17)3-12(15)5-14-10(12)18/h7,10,14,18H,3-6H2,1-2H3,(H,13,17). The molecule has 18 heavy (non-hydrogen) atoms. The van der Waals surface area contributed by atoms with Gasteiger partial charge in [-0.3, -0.25) is 14.9 Å². The van der Waals surface area contributed by atoms with E-state index in [1.165, 1.54) is 0 Å². The third kappa shape index (κ3) is 1.25. The van der Waals surface area contributed by atoms with Gasteiger partial charge in [-0.15, -0.1) is 0 Å². The van der Waals surface area contributed by atoms with Crippen molar-refractivity contribution in [3.8, 4) is 0 Å². The first-order valence-corrected chi connectivity index (χ1v) is 6.43. The summed E-state index contributed by atoms with van der Waals surface area (Å²) in [5.41, 5.74) is -1.03. The summed E-state index contributed by atoms with van der Waals surface area (Å²) in [6.45, 7) is 5.32. The lowest BCUT2D eigenvalue weighted by atomic mass is 9.72.